The second-order valence-electron chi connectivity index (χ2n) is 11.7. The van der Waals surface area contributed by atoms with Crippen LogP contribution in [0, 0.1) is 0 Å². The summed E-state index contributed by atoms with van der Waals surface area (Å²) in [4.78, 5) is 20.8. The smallest absolute Gasteiger partial charge is 0.273 e. The van der Waals surface area contributed by atoms with E-state index in [0.29, 0.717) is 48.4 Å². The van der Waals surface area contributed by atoms with Gasteiger partial charge in [-0.05, 0) is 75.3 Å². The van der Waals surface area contributed by atoms with Gasteiger partial charge in [0, 0.05) is 37.2 Å². The summed E-state index contributed by atoms with van der Waals surface area (Å²) in [5.74, 6) is 1.85. The number of nitrogens with zero attached hydrogens (tertiary/aromatic N) is 2. The molecule has 0 unspecified atom stereocenters. The van der Waals surface area contributed by atoms with Gasteiger partial charge in [-0.1, -0.05) is 49.6 Å². The van der Waals surface area contributed by atoms with Crippen LogP contribution in [0.4, 0.5) is 0 Å². The average Bonchev–Trinajstić information content (AvgIpc) is 3.01. The summed E-state index contributed by atoms with van der Waals surface area (Å²) < 4.78 is 17.7. The maximum atomic E-state index is 14.0. The van der Waals surface area contributed by atoms with Gasteiger partial charge in [0.2, 0.25) is 0 Å². The minimum absolute atomic E-state index is 0.0471. The van der Waals surface area contributed by atoms with Crippen LogP contribution in [0.25, 0.3) is 10.9 Å². The highest BCUT2D eigenvalue weighted by atomic mass is 16.5. The number of piperidine rings is 1. The molecule has 3 aromatic rings. The van der Waals surface area contributed by atoms with Gasteiger partial charge in [-0.15, -0.1) is 0 Å². The lowest BCUT2D eigenvalue weighted by Crippen LogP contribution is -2.51. The minimum Gasteiger partial charge on any atom is -0.490 e. The number of ether oxygens (including phenoxy) is 3. The molecule has 0 bridgehead atoms. The number of fused-ring (bicyclic) bond motifs is 1. The van der Waals surface area contributed by atoms with Gasteiger partial charge in [0.05, 0.1) is 6.61 Å². The van der Waals surface area contributed by atoms with E-state index in [-0.39, 0.29) is 18.0 Å². The minimum atomic E-state index is -0.0831. The summed E-state index contributed by atoms with van der Waals surface area (Å²) in [7, 11) is 1.65. The molecule has 2 aliphatic rings. The molecule has 1 saturated heterocycles. The number of methoxy groups -OCH3 is 1. The Bertz CT molecular complexity index is 1280. The van der Waals surface area contributed by atoms with Crippen molar-refractivity contribution in [3.8, 4) is 11.5 Å². The molecule has 5 rings (SSSR count). The lowest BCUT2D eigenvalue weighted by atomic mass is 9.84. The highest BCUT2D eigenvalue weighted by Crippen LogP contribution is 2.34. The Kier molecular flexibility index (Phi) is 10.1. The number of pyridine rings is 1. The van der Waals surface area contributed by atoms with Gasteiger partial charge in [0.25, 0.3) is 5.91 Å². The van der Waals surface area contributed by atoms with Gasteiger partial charge in [0.1, 0.15) is 35.9 Å². The van der Waals surface area contributed by atoms with Crippen LogP contribution in [-0.2, 0) is 11.3 Å². The van der Waals surface area contributed by atoms with Crippen molar-refractivity contribution in [3.63, 3.8) is 0 Å². The number of benzene rings is 2. The van der Waals surface area contributed by atoms with E-state index < -0.39 is 0 Å². The van der Waals surface area contributed by atoms with Crippen LogP contribution in [0.5, 0.6) is 11.5 Å². The molecule has 41 heavy (non-hydrogen) atoms. The molecule has 7 heteroatoms. The van der Waals surface area contributed by atoms with Crippen molar-refractivity contribution in [2.24, 2.45) is 0 Å². The van der Waals surface area contributed by atoms with Crippen molar-refractivity contribution in [2.45, 2.75) is 83.4 Å². The number of amides is 1. The fourth-order valence-electron chi connectivity index (χ4n) is 6.28. The lowest BCUT2D eigenvalue weighted by Gasteiger charge is -2.37. The monoisotopic (exact) mass is 559 g/mol. The Morgan fingerprint density at radius 3 is 2.49 bits per heavy atom. The Balaban J connectivity index is 1.42. The van der Waals surface area contributed by atoms with Crippen LogP contribution in [0.2, 0.25) is 0 Å². The molecule has 1 aromatic heterocycles. The summed E-state index contributed by atoms with van der Waals surface area (Å²) >= 11 is 0. The lowest BCUT2D eigenvalue weighted by molar-refractivity contribution is 0.0567. The molecule has 2 aromatic carbocycles. The summed E-state index contributed by atoms with van der Waals surface area (Å²) in [6.07, 6.45) is 8.64. The fourth-order valence-corrected chi connectivity index (χ4v) is 6.28. The first-order valence-corrected chi connectivity index (χ1v) is 15.4. The number of aromatic nitrogens is 1. The van der Waals surface area contributed by atoms with Crippen molar-refractivity contribution in [3.05, 3.63) is 65.4 Å². The van der Waals surface area contributed by atoms with Crippen LogP contribution in [0.1, 0.15) is 86.3 Å². The summed E-state index contributed by atoms with van der Waals surface area (Å²) in [6, 6.07) is 16.7. The molecule has 1 N–H and O–H groups in total. The van der Waals surface area contributed by atoms with Gasteiger partial charge in [-0.3, -0.25) is 4.79 Å². The van der Waals surface area contributed by atoms with Gasteiger partial charge >= 0.3 is 0 Å². The Labute approximate surface area is 244 Å². The molecular formula is C34H45N3O4. The third-order valence-electron chi connectivity index (χ3n) is 8.43. The SMILES string of the molecule is COCCOc1cc(C(=O)N(C(C)C)[C@@H]2CCCNC2)nc2c(OCc3ccc(C4CCCCC4)cc3)cccc12. The van der Waals surface area contributed by atoms with Crippen molar-refractivity contribution in [1.29, 1.82) is 0 Å². The van der Waals surface area contributed by atoms with E-state index in [9.17, 15) is 4.79 Å². The van der Waals surface area contributed by atoms with E-state index in [0.717, 1.165) is 36.9 Å². The summed E-state index contributed by atoms with van der Waals surface area (Å²) in [6.45, 7) is 7.17. The number of nitrogens with one attached hydrogen (secondary N) is 1. The first-order valence-electron chi connectivity index (χ1n) is 15.4. The maximum absolute atomic E-state index is 14.0. The molecular weight excluding hydrogens is 514 g/mol. The third kappa shape index (κ3) is 7.19. The molecule has 1 aliphatic carbocycles. The molecule has 2 heterocycles. The van der Waals surface area contributed by atoms with Crippen LogP contribution >= 0.6 is 0 Å². The molecule has 7 nitrogen and oxygen atoms in total. The van der Waals surface area contributed by atoms with Crippen LogP contribution in [-0.4, -0.2) is 61.3 Å². The predicted octanol–water partition coefficient (Wildman–Crippen LogP) is 6.49. The van der Waals surface area contributed by atoms with E-state index in [1.165, 1.54) is 37.7 Å². The normalized spacial score (nSPS) is 18.0. The number of rotatable bonds is 11. The molecule has 1 amide bonds. The average molecular weight is 560 g/mol. The van der Waals surface area contributed by atoms with E-state index in [1.807, 2.05) is 23.1 Å². The highest BCUT2D eigenvalue weighted by Gasteiger charge is 2.30. The zero-order valence-electron chi connectivity index (χ0n) is 24.9. The number of hydrogen-bond acceptors (Lipinski definition) is 6. The topological polar surface area (TPSA) is 72.9 Å². The first kappa shape index (κ1) is 29.3. The van der Waals surface area contributed by atoms with Crippen LogP contribution in [0.3, 0.4) is 0 Å². The Hall–Kier alpha value is -3.16. The fraction of sp³-hybridized carbons (Fsp3) is 0.529. The molecule has 0 spiro atoms. The van der Waals surface area contributed by atoms with E-state index >= 15 is 0 Å². The van der Waals surface area contributed by atoms with Crippen molar-refractivity contribution >= 4 is 16.8 Å². The molecule has 2 fully saturated rings. The Morgan fingerprint density at radius 2 is 1.78 bits per heavy atom. The molecule has 1 aliphatic heterocycles. The van der Waals surface area contributed by atoms with Crippen molar-refractivity contribution in [2.75, 3.05) is 33.4 Å². The van der Waals surface area contributed by atoms with Crippen LogP contribution < -0.4 is 14.8 Å². The number of carbonyl (C=O) groups is 1. The quantitative estimate of drug-likeness (QED) is 0.271. The number of carbonyl (C=O) groups excluding carboxylic acids is 1. The second kappa shape index (κ2) is 14.1. The first-order chi connectivity index (χ1) is 20.0. The highest BCUT2D eigenvalue weighted by molar-refractivity contribution is 5.98. The number of hydrogen-bond donors (Lipinski definition) is 1. The maximum Gasteiger partial charge on any atom is 0.273 e. The molecule has 1 atom stereocenters. The van der Waals surface area contributed by atoms with Gasteiger partial charge in [0.15, 0.2) is 0 Å². The molecule has 0 radical (unpaired) electrons. The van der Waals surface area contributed by atoms with Gasteiger partial charge < -0.3 is 24.4 Å². The second-order valence-corrected chi connectivity index (χ2v) is 11.7. The van der Waals surface area contributed by atoms with Crippen LogP contribution in [0.15, 0.2) is 48.5 Å². The standard InChI is InChI=1S/C34H45N3O4/c1-24(2)37(28-11-8-18-35-22-28)34(38)30-21-32(40-20-19-39-3)29-12-7-13-31(33(29)36-30)41-23-25-14-16-27(17-15-25)26-9-5-4-6-10-26/h7,12-17,21,24,26,28,35H,4-6,8-11,18-20,22-23H2,1-3H3/t28-/m1/s1. The summed E-state index contributed by atoms with van der Waals surface area (Å²) in [5.41, 5.74) is 3.55. The Morgan fingerprint density at radius 1 is 0.976 bits per heavy atom. The number of para-hydroxylation sites is 1. The molecule has 1 saturated carbocycles. The van der Waals surface area contributed by atoms with E-state index in [2.05, 4.69) is 43.4 Å². The van der Waals surface area contributed by atoms with Gasteiger partial charge in [-0.2, -0.15) is 0 Å². The van der Waals surface area contributed by atoms with E-state index in [1.54, 1.807) is 13.2 Å². The van der Waals surface area contributed by atoms with Crippen molar-refractivity contribution in [1.82, 2.24) is 15.2 Å². The zero-order chi connectivity index (χ0) is 28.6. The van der Waals surface area contributed by atoms with Gasteiger partial charge in [-0.25, -0.2) is 4.98 Å². The van der Waals surface area contributed by atoms with E-state index in [4.69, 9.17) is 19.2 Å². The third-order valence-corrected chi connectivity index (χ3v) is 8.43. The zero-order valence-corrected chi connectivity index (χ0v) is 24.9. The largest absolute Gasteiger partial charge is 0.490 e. The van der Waals surface area contributed by atoms with Crippen molar-refractivity contribution < 1.29 is 19.0 Å². The predicted molar refractivity (Wildman–Crippen MR) is 163 cm³/mol. The molecule has 220 valence electrons. The summed E-state index contributed by atoms with van der Waals surface area (Å²) in [5, 5.41) is 4.26.